The molecular formula is C35H46N8O6. The van der Waals surface area contributed by atoms with Gasteiger partial charge in [-0.1, -0.05) is 48.5 Å². The summed E-state index contributed by atoms with van der Waals surface area (Å²) >= 11 is 0. The minimum atomic E-state index is -1.26. The van der Waals surface area contributed by atoms with Gasteiger partial charge in [-0.15, -0.1) is 0 Å². The van der Waals surface area contributed by atoms with Gasteiger partial charge in [-0.2, -0.15) is 5.10 Å². The van der Waals surface area contributed by atoms with Crippen molar-refractivity contribution >= 4 is 47.3 Å². The molecule has 1 aliphatic carbocycles. The molecule has 5 amide bonds. The Bertz CT molecular complexity index is 1560. The van der Waals surface area contributed by atoms with Gasteiger partial charge in [-0.05, 0) is 58.4 Å². The van der Waals surface area contributed by atoms with Gasteiger partial charge >= 0.3 is 12.0 Å². The molecular weight excluding hydrogens is 628 g/mol. The van der Waals surface area contributed by atoms with E-state index in [2.05, 4.69) is 31.5 Å². The summed E-state index contributed by atoms with van der Waals surface area (Å²) in [6, 6.07) is 14.9. The fourth-order valence-corrected chi connectivity index (χ4v) is 5.84. The Balaban J connectivity index is 1.41. The van der Waals surface area contributed by atoms with E-state index in [1.807, 2.05) is 42.5 Å². The molecule has 262 valence electrons. The number of benzene rings is 2. The number of benzodiazepines with no additional fused rings is 1. The van der Waals surface area contributed by atoms with E-state index in [1.54, 1.807) is 40.0 Å². The highest BCUT2D eigenvalue weighted by Gasteiger charge is 2.32. The number of hydrogen-bond acceptors (Lipinski definition) is 9. The molecule has 4 rings (SSSR count). The van der Waals surface area contributed by atoms with Crippen LogP contribution in [-0.4, -0.2) is 79.6 Å². The molecule has 0 aromatic heterocycles. The van der Waals surface area contributed by atoms with Crippen LogP contribution in [0.15, 0.2) is 64.7 Å². The first kappa shape index (κ1) is 36.7. The summed E-state index contributed by atoms with van der Waals surface area (Å²) in [6.45, 7) is 5.17. The Hall–Kier alpha value is -5.11. The zero-order valence-electron chi connectivity index (χ0n) is 28.4. The van der Waals surface area contributed by atoms with Crippen LogP contribution in [0.5, 0.6) is 0 Å². The first-order valence-corrected chi connectivity index (χ1v) is 16.4. The molecule has 2 atom stereocenters. The van der Waals surface area contributed by atoms with Crippen LogP contribution in [0, 0.1) is 11.8 Å². The number of anilines is 1. The molecule has 2 aliphatic rings. The number of nitrogens with one attached hydrogen (secondary N) is 4. The number of para-hydroxylation sites is 1. The molecule has 14 nitrogen and oxygen atoms in total. The van der Waals surface area contributed by atoms with E-state index in [4.69, 9.17) is 10.5 Å². The van der Waals surface area contributed by atoms with Crippen molar-refractivity contribution in [2.24, 2.45) is 27.7 Å². The number of fused-ring (bicyclic) bond motifs is 1. The summed E-state index contributed by atoms with van der Waals surface area (Å²) in [5.74, 6) is -1.49. The Morgan fingerprint density at radius 3 is 2.39 bits per heavy atom. The van der Waals surface area contributed by atoms with Crippen LogP contribution in [0.2, 0.25) is 0 Å². The molecule has 1 fully saturated rings. The highest BCUT2D eigenvalue weighted by Crippen LogP contribution is 2.29. The molecule has 49 heavy (non-hydrogen) atoms. The fourth-order valence-electron chi connectivity index (χ4n) is 5.84. The minimum absolute atomic E-state index is 0.000781. The summed E-state index contributed by atoms with van der Waals surface area (Å²) in [4.78, 5) is 69.8. The number of hydrogen-bond donors (Lipinski definition) is 5. The molecule has 1 saturated carbocycles. The van der Waals surface area contributed by atoms with Crippen LogP contribution >= 0.6 is 0 Å². The van der Waals surface area contributed by atoms with E-state index in [1.165, 1.54) is 11.1 Å². The van der Waals surface area contributed by atoms with Crippen molar-refractivity contribution < 1.29 is 28.7 Å². The lowest BCUT2D eigenvalue weighted by atomic mass is 9.81. The number of rotatable bonds is 11. The number of hydrazone groups is 1. The number of ether oxygens (including phenoxy) is 1. The van der Waals surface area contributed by atoms with Gasteiger partial charge < -0.3 is 26.4 Å². The van der Waals surface area contributed by atoms with Gasteiger partial charge in [0.2, 0.25) is 11.8 Å². The fraction of sp³-hybridized carbons (Fsp3) is 0.457. The third-order valence-corrected chi connectivity index (χ3v) is 8.17. The standard InChI is InChI=1S/C35H46N8O6/c1-35(2,3)49-29(45)18-25(20-39-42-34(48)38-19-22-14-16-24(17-15-22)32(46)37-4)40-28(44)21-43-27-13-9-8-12-26(27)30(41-31(36)33(43)47)23-10-6-5-7-11-23/h5-13,20,22,24-25,31H,14-19,21,36H2,1-4H3,(H,37,46)(H,40,44)(H2,38,42,48)/b39-20+/t22?,24?,25-,31?/m0/s1. The topological polar surface area (TPSA) is 197 Å². The molecule has 0 bridgehead atoms. The molecule has 1 aliphatic heterocycles. The predicted octanol–water partition coefficient (Wildman–Crippen LogP) is 2.21. The maximum atomic E-state index is 13.5. The highest BCUT2D eigenvalue weighted by atomic mass is 16.6. The zero-order chi connectivity index (χ0) is 35.6. The third-order valence-electron chi connectivity index (χ3n) is 8.17. The minimum Gasteiger partial charge on any atom is -0.460 e. The van der Waals surface area contributed by atoms with Gasteiger partial charge in [0.05, 0.1) is 23.9 Å². The average Bonchev–Trinajstić information content (AvgIpc) is 3.17. The van der Waals surface area contributed by atoms with Crippen LogP contribution < -0.4 is 32.0 Å². The van der Waals surface area contributed by atoms with Gasteiger partial charge in [0.1, 0.15) is 12.1 Å². The third kappa shape index (κ3) is 10.7. The first-order chi connectivity index (χ1) is 23.3. The average molecular weight is 675 g/mol. The van der Waals surface area contributed by atoms with E-state index in [-0.39, 0.29) is 24.2 Å². The van der Waals surface area contributed by atoms with Crippen molar-refractivity contribution in [1.82, 2.24) is 21.4 Å². The second-order valence-electron chi connectivity index (χ2n) is 13.1. The first-order valence-electron chi connectivity index (χ1n) is 16.4. The number of aliphatic imine (C=N–C) groups is 1. The lowest BCUT2D eigenvalue weighted by Gasteiger charge is -2.27. The van der Waals surface area contributed by atoms with Gasteiger partial charge in [-0.25, -0.2) is 10.2 Å². The van der Waals surface area contributed by atoms with Crippen molar-refractivity contribution in [3.05, 3.63) is 65.7 Å². The molecule has 1 unspecified atom stereocenters. The van der Waals surface area contributed by atoms with Crippen molar-refractivity contribution in [3.63, 3.8) is 0 Å². The summed E-state index contributed by atoms with van der Waals surface area (Å²) in [5, 5.41) is 12.2. The number of carbonyl (C=O) groups excluding carboxylic acids is 5. The summed E-state index contributed by atoms with van der Waals surface area (Å²) in [5.41, 5.74) is 10.2. The van der Waals surface area contributed by atoms with Gasteiger partial charge in [0, 0.05) is 36.9 Å². The van der Waals surface area contributed by atoms with E-state index in [9.17, 15) is 24.0 Å². The monoisotopic (exact) mass is 674 g/mol. The quantitative estimate of drug-likeness (QED) is 0.137. The lowest BCUT2D eigenvalue weighted by Crippen LogP contribution is -2.49. The Morgan fingerprint density at radius 2 is 1.71 bits per heavy atom. The van der Waals surface area contributed by atoms with E-state index >= 15 is 0 Å². The maximum absolute atomic E-state index is 13.5. The second-order valence-corrected chi connectivity index (χ2v) is 13.1. The van der Waals surface area contributed by atoms with Crippen LogP contribution in [-0.2, 0) is 23.9 Å². The second kappa shape index (κ2) is 16.8. The van der Waals surface area contributed by atoms with Crippen LogP contribution in [0.1, 0.15) is 64.0 Å². The molecule has 2 aromatic rings. The highest BCUT2D eigenvalue weighted by molar-refractivity contribution is 6.20. The van der Waals surface area contributed by atoms with Gasteiger partial charge in [0.25, 0.3) is 5.91 Å². The van der Waals surface area contributed by atoms with E-state index < -0.39 is 48.2 Å². The SMILES string of the molecule is CNC(=O)C1CCC(CNC(=O)N/N=C/[C@H](CC(=O)OC(C)(C)C)NC(=O)CN2C(=O)C(N)N=C(c3ccccc3)c3ccccc32)CC1. The van der Waals surface area contributed by atoms with Crippen LogP contribution in [0.3, 0.4) is 0 Å². The van der Waals surface area contributed by atoms with E-state index in [0.717, 1.165) is 31.2 Å². The number of nitrogens with two attached hydrogens (primary N) is 1. The molecule has 1 heterocycles. The number of carbonyl (C=O) groups is 5. The van der Waals surface area contributed by atoms with E-state index in [0.29, 0.717) is 23.5 Å². The Labute approximate surface area is 286 Å². The van der Waals surface area contributed by atoms with Crippen molar-refractivity contribution in [1.29, 1.82) is 0 Å². The number of nitrogens with zero attached hydrogens (tertiary/aromatic N) is 3. The van der Waals surface area contributed by atoms with Crippen LogP contribution in [0.25, 0.3) is 0 Å². The predicted molar refractivity (Wildman–Crippen MR) is 186 cm³/mol. The normalized spacial score (nSPS) is 19.9. The molecule has 0 radical (unpaired) electrons. The van der Waals surface area contributed by atoms with Crippen molar-refractivity contribution in [2.45, 2.75) is 70.7 Å². The summed E-state index contributed by atoms with van der Waals surface area (Å²) in [6.07, 6.45) is 2.86. The van der Waals surface area contributed by atoms with Crippen molar-refractivity contribution in [3.8, 4) is 0 Å². The van der Waals surface area contributed by atoms with Crippen LogP contribution in [0.4, 0.5) is 10.5 Å². The Morgan fingerprint density at radius 1 is 1.04 bits per heavy atom. The largest absolute Gasteiger partial charge is 0.460 e. The molecule has 0 saturated heterocycles. The molecule has 14 heteroatoms. The smallest absolute Gasteiger partial charge is 0.335 e. The molecule has 6 N–H and O–H groups in total. The number of amides is 5. The summed E-state index contributed by atoms with van der Waals surface area (Å²) in [7, 11) is 1.63. The number of esters is 1. The lowest BCUT2D eigenvalue weighted by molar-refractivity contribution is -0.155. The van der Waals surface area contributed by atoms with Gasteiger partial charge in [-0.3, -0.25) is 29.1 Å². The maximum Gasteiger partial charge on any atom is 0.335 e. The molecule has 2 aromatic carbocycles. The molecule has 0 spiro atoms. The van der Waals surface area contributed by atoms with Gasteiger partial charge in [0.15, 0.2) is 6.17 Å². The Kier molecular flexibility index (Phi) is 12.6. The zero-order valence-corrected chi connectivity index (χ0v) is 28.4. The van der Waals surface area contributed by atoms with Crippen molar-refractivity contribution in [2.75, 3.05) is 25.0 Å². The summed E-state index contributed by atoms with van der Waals surface area (Å²) < 4.78 is 5.44. The number of urea groups is 1.